The first kappa shape index (κ1) is 32.2. The maximum absolute atomic E-state index is 13.2. The number of carboxylic acids is 1. The number of ether oxygens (including phenoxy) is 3. The van der Waals surface area contributed by atoms with E-state index >= 15 is 0 Å². The van der Waals surface area contributed by atoms with Crippen molar-refractivity contribution in [1.29, 1.82) is 0 Å². The summed E-state index contributed by atoms with van der Waals surface area (Å²) in [4.78, 5) is 29.7. The number of rotatable bonds is 14. The molecule has 5 rings (SSSR count). The van der Waals surface area contributed by atoms with E-state index in [0.29, 0.717) is 59.3 Å². The molecule has 0 unspecified atom stereocenters. The average molecular weight is 623 g/mol. The number of Topliss-reactive ketones (excluding diaryl/α,β-unsaturated/α-hetero) is 1. The molecule has 238 valence electrons. The lowest BCUT2D eigenvalue weighted by Gasteiger charge is -2.22. The fourth-order valence-corrected chi connectivity index (χ4v) is 5.41. The molecule has 5 aromatic rings. The largest absolute Gasteiger partial charge is 0.488 e. The predicted molar refractivity (Wildman–Crippen MR) is 175 cm³/mol. The number of carbonyl (C=O) groups is 2. The molecule has 0 saturated carbocycles. The van der Waals surface area contributed by atoms with Crippen molar-refractivity contribution in [3.63, 3.8) is 0 Å². The van der Waals surface area contributed by atoms with Gasteiger partial charge >= 0.3 is 5.97 Å². The van der Waals surface area contributed by atoms with Gasteiger partial charge in [0.1, 0.15) is 18.1 Å². The van der Waals surface area contributed by atoms with E-state index in [-0.39, 0.29) is 18.8 Å². The Kier molecular flexibility index (Phi) is 9.65. The minimum Gasteiger partial charge on any atom is -0.488 e. The molecule has 0 amide bonds. The highest BCUT2D eigenvalue weighted by molar-refractivity contribution is 6.09. The van der Waals surface area contributed by atoms with Crippen LogP contribution in [0.4, 0.5) is 0 Å². The van der Waals surface area contributed by atoms with Gasteiger partial charge in [-0.1, -0.05) is 30.3 Å². The number of hydrogen-bond acceptors (Lipinski definition) is 8. The van der Waals surface area contributed by atoms with Crippen molar-refractivity contribution < 1.29 is 28.9 Å². The van der Waals surface area contributed by atoms with Gasteiger partial charge < -0.3 is 23.9 Å². The molecule has 10 nitrogen and oxygen atoms in total. The molecule has 0 radical (unpaired) electrons. The van der Waals surface area contributed by atoms with Gasteiger partial charge in [-0.3, -0.25) is 14.6 Å². The number of hydrogen-bond donors (Lipinski definition) is 1. The summed E-state index contributed by atoms with van der Waals surface area (Å²) in [6.45, 7) is 10.3. The predicted octanol–water partition coefficient (Wildman–Crippen LogP) is 6.77. The Hall–Kier alpha value is -5.25. The lowest BCUT2D eigenvalue weighted by Crippen LogP contribution is -2.28. The molecule has 1 N–H and O–H groups in total. The molecule has 10 heteroatoms. The SMILES string of the molecule is CCOc1cnnc(-c2ccc(Cn3c(CC(C)(C)C(=O)O)c(C(C)=O)c4cc(OCc5ccccn5)ccc43)cc2)c1OCC. The Morgan fingerprint density at radius 3 is 2.37 bits per heavy atom. The van der Waals surface area contributed by atoms with Crippen LogP contribution in [-0.4, -0.2) is 49.8 Å². The molecule has 0 aliphatic carbocycles. The third-order valence-corrected chi connectivity index (χ3v) is 7.72. The van der Waals surface area contributed by atoms with Gasteiger partial charge in [-0.05, 0) is 70.5 Å². The van der Waals surface area contributed by atoms with E-state index in [4.69, 9.17) is 14.2 Å². The minimum absolute atomic E-state index is 0.145. The van der Waals surface area contributed by atoms with Crippen molar-refractivity contribution in [2.45, 2.75) is 54.2 Å². The summed E-state index contributed by atoms with van der Waals surface area (Å²) in [7, 11) is 0. The number of pyridine rings is 1. The van der Waals surface area contributed by atoms with E-state index in [2.05, 4.69) is 15.2 Å². The molecule has 3 heterocycles. The molecule has 0 atom stereocenters. The molecule has 0 spiro atoms. The van der Waals surface area contributed by atoms with Crippen molar-refractivity contribution in [3.8, 4) is 28.5 Å². The fraction of sp³-hybridized carbons (Fsp3) is 0.306. The molecule has 2 aromatic carbocycles. The van der Waals surface area contributed by atoms with Gasteiger partial charge in [0, 0.05) is 46.9 Å². The van der Waals surface area contributed by atoms with Gasteiger partial charge in [0.05, 0.1) is 30.5 Å². The first-order valence-electron chi connectivity index (χ1n) is 15.3. The zero-order valence-electron chi connectivity index (χ0n) is 26.7. The maximum atomic E-state index is 13.2. The van der Waals surface area contributed by atoms with Crippen LogP contribution in [0.25, 0.3) is 22.2 Å². The van der Waals surface area contributed by atoms with E-state index in [0.717, 1.165) is 22.3 Å². The summed E-state index contributed by atoms with van der Waals surface area (Å²) >= 11 is 0. The van der Waals surface area contributed by atoms with Crippen LogP contribution in [0.1, 0.15) is 61.9 Å². The molecule has 0 aliphatic heterocycles. The summed E-state index contributed by atoms with van der Waals surface area (Å²) < 4.78 is 19.7. The van der Waals surface area contributed by atoms with Crippen LogP contribution in [0.2, 0.25) is 0 Å². The van der Waals surface area contributed by atoms with Crippen LogP contribution in [0.3, 0.4) is 0 Å². The van der Waals surface area contributed by atoms with Crippen LogP contribution < -0.4 is 14.2 Å². The first-order chi connectivity index (χ1) is 22.1. The summed E-state index contributed by atoms with van der Waals surface area (Å²) in [6, 6.07) is 19.1. The second-order valence-electron chi connectivity index (χ2n) is 11.6. The van der Waals surface area contributed by atoms with E-state index in [9.17, 15) is 14.7 Å². The Labute approximate surface area is 268 Å². The number of carboxylic acid groups (broad SMARTS) is 1. The quantitative estimate of drug-likeness (QED) is 0.134. The molecule has 0 saturated heterocycles. The zero-order chi connectivity index (χ0) is 32.8. The van der Waals surface area contributed by atoms with Gasteiger partial charge in [-0.15, -0.1) is 5.10 Å². The minimum atomic E-state index is -1.11. The highest BCUT2D eigenvalue weighted by Crippen LogP contribution is 2.37. The standard InChI is InChI=1S/C36H38N4O6/c1-6-44-31-20-38-39-33(34(31)45-7-2)25-13-11-24(12-14-25)21-40-29-16-15-27(46-22-26-10-8-9-17-37-26)18-28(29)32(23(3)41)30(40)19-36(4,5)35(42)43/h8-18,20H,6-7,19,21-22H2,1-5H3,(H,42,43). The van der Waals surface area contributed by atoms with Crippen LogP contribution in [0, 0.1) is 5.41 Å². The number of benzene rings is 2. The van der Waals surface area contributed by atoms with Crippen molar-refractivity contribution in [2.24, 2.45) is 5.41 Å². The van der Waals surface area contributed by atoms with Gasteiger partial charge in [-0.2, -0.15) is 5.10 Å². The second-order valence-corrected chi connectivity index (χ2v) is 11.6. The molecule has 3 aromatic heterocycles. The molecular weight excluding hydrogens is 584 g/mol. The van der Waals surface area contributed by atoms with E-state index in [1.54, 1.807) is 26.2 Å². The summed E-state index contributed by atoms with van der Waals surface area (Å²) in [5.41, 5.74) is 3.97. The summed E-state index contributed by atoms with van der Waals surface area (Å²) in [5.74, 6) is 0.569. The molecule has 0 aliphatic rings. The van der Waals surface area contributed by atoms with Gasteiger partial charge in [0.15, 0.2) is 17.3 Å². The normalized spacial score (nSPS) is 11.4. The zero-order valence-corrected chi connectivity index (χ0v) is 26.7. The Morgan fingerprint density at radius 1 is 0.957 bits per heavy atom. The highest BCUT2D eigenvalue weighted by Gasteiger charge is 2.32. The van der Waals surface area contributed by atoms with E-state index in [1.807, 2.05) is 79.1 Å². The van der Waals surface area contributed by atoms with Crippen LogP contribution in [0.15, 0.2) is 73.1 Å². The number of ketones is 1. The van der Waals surface area contributed by atoms with Crippen molar-refractivity contribution in [3.05, 3.63) is 95.6 Å². The molecule has 46 heavy (non-hydrogen) atoms. The van der Waals surface area contributed by atoms with Crippen molar-refractivity contribution >= 4 is 22.7 Å². The number of aliphatic carboxylic acids is 1. The Morgan fingerprint density at radius 2 is 1.72 bits per heavy atom. The monoisotopic (exact) mass is 622 g/mol. The van der Waals surface area contributed by atoms with Gasteiger partial charge in [0.25, 0.3) is 0 Å². The van der Waals surface area contributed by atoms with E-state index < -0.39 is 11.4 Å². The number of carbonyl (C=O) groups excluding carboxylic acids is 1. The van der Waals surface area contributed by atoms with Crippen LogP contribution in [0.5, 0.6) is 17.2 Å². The van der Waals surface area contributed by atoms with E-state index in [1.165, 1.54) is 6.92 Å². The smallest absolute Gasteiger partial charge is 0.309 e. The number of aromatic nitrogens is 4. The van der Waals surface area contributed by atoms with Crippen LogP contribution in [-0.2, 0) is 24.4 Å². The third-order valence-electron chi connectivity index (χ3n) is 7.72. The third kappa shape index (κ3) is 6.86. The number of fused-ring (bicyclic) bond motifs is 1. The Balaban J connectivity index is 1.55. The van der Waals surface area contributed by atoms with Gasteiger partial charge in [-0.25, -0.2) is 0 Å². The maximum Gasteiger partial charge on any atom is 0.309 e. The highest BCUT2D eigenvalue weighted by atomic mass is 16.5. The topological polar surface area (TPSA) is 126 Å². The van der Waals surface area contributed by atoms with Crippen LogP contribution >= 0.6 is 0 Å². The lowest BCUT2D eigenvalue weighted by atomic mass is 9.86. The van der Waals surface area contributed by atoms with Crippen molar-refractivity contribution in [2.75, 3.05) is 13.2 Å². The average Bonchev–Trinajstić information content (AvgIpc) is 3.33. The molecule has 0 bridgehead atoms. The number of nitrogens with zero attached hydrogens (tertiary/aromatic N) is 4. The summed E-state index contributed by atoms with van der Waals surface area (Å²) in [6.07, 6.45) is 3.42. The molecule has 0 fully saturated rings. The fourth-order valence-electron chi connectivity index (χ4n) is 5.41. The van der Waals surface area contributed by atoms with Crippen molar-refractivity contribution in [1.82, 2.24) is 19.7 Å². The second kappa shape index (κ2) is 13.8. The first-order valence-corrected chi connectivity index (χ1v) is 15.3. The Bertz CT molecular complexity index is 1850. The molecular formula is C36H38N4O6. The lowest BCUT2D eigenvalue weighted by molar-refractivity contribution is -0.146. The van der Waals surface area contributed by atoms with Gasteiger partial charge in [0.2, 0.25) is 0 Å². The summed E-state index contributed by atoms with van der Waals surface area (Å²) in [5, 5.41) is 19.2.